The van der Waals surface area contributed by atoms with Crippen molar-refractivity contribution < 1.29 is 9.53 Å². The smallest absolute Gasteiger partial charge is 0.237 e. The normalized spacial score (nSPS) is 30.7. The zero-order valence-corrected chi connectivity index (χ0v) is 12.1. The molecule has 19 heavy (non-hydrogen) atoms. The number of morpholine rings is 1. The summed E-state index contributed by atoms with van der Waals surface area (Å²) in [6.45, 7) is 7.55. The van der Waals surface area contributed by atoms with Crippen LogP contribution in [0.5, 0.6) is 0 Å². The molecule has 4 unspecified atom stereocenters. The van der Waals surface area contributed by atoms with E-state index in [2.05, 4.69) is 17.1 Å². The minimum atomic E-state index is -0.409. The molecule has 1 amide bonds. The molecule has 0 aliphatic carbocycles. The average Bonchev–Trinajstić information content (AvgIpc) is 2.90. The van der Waals surface area contributed by atoms with E-state index in [1.165, 1.54) is 19.4 Å². The zero-order chi connectivity index (χ0) is 13.8. The first-order valence-electron chi connectivity index (χ1n) is 7.50. The van der Waals surface area contributed by atoms with Crippen LogP contribution < -0.4 is 11.1 Å². The van der Waals surface area contributed by atoms with Crippen LogP contribution in [-0.2, 0) is 9.53 Å². The monoisotopic (exact) mass is 269 g/mol. The molecule has 4 atom stereocenters. The Balaban J connectivity index is 1.72. The Labute approximate surface area is 115 Å². The molecule has 0 aromatic rings. The van der Waals surface area contributed by atoms with Crippen LogP contribution in [0.4, 0.5) is 0 Å². The quantitative estimate of drug-likeness (QED) is 0.755. The topological polar surface area (TPSA) is 67.6 Å². The van der Waals surface area contributed by atoms with Crippen molar-refractivity contribution in [1.29, 1.82) is 0 Å². The van der Waals surface area contributed by atoms with E-state index < -0.39 is 6.04 Å². The number of rotatable bonds is 5. The van der Waals surface area contributed by atoms with Gasteiger partial charge < -0.3 is 15.8 Å². The van der Waals surface area contributed by atoms with Gasteiger partial charge in [0.1, 0.15) is 0 Å². The molecule has 5 nitrogen and oxygen atoms in total. The number of hydrogen-bond donors (Lipinski definition) is 2. The Bertz CT molecular complexity index is 311. The third-order valence-corrected chi connectivity index (χ3v) is 4.53. The highest BCUT2D eigenvalue weighted by molar-refractivity contribution is 5.81. The van der Waals surface area contributed by atoms with Crippen LogP contribution in [0, 0.1) is 5.92 Å². The lowest BCUT2D eigenvalue weighted by atomic mass is 9.99. The first-order chi connectivity index (χ1) is 9.11. The minimum absolute atomic E-state index is 0.0542. The number of ether oxygens (including phenoxy) is 1. The summed E-state index contributed by atoms with van der Waals surface area (Å²) < 4.78 is 5.81. The molecule has 3 N–H and O–H groups in total. The second-order valence-electron chi connectivity index (χ2n) is 5.90. The largest absolute Gasteiger partial charge is 0.373 e. The summed E-state index contributed by atoms with van der Waals surface area (Å²) in [4.78, 5) is 14.4. The lowest BCUT2D eigenvalue weighted by Gasteiger charge is -2.35. The van der Waals surface area contributed by atoms with Crippen molar-refractivity contribution in [1.82, 2.24) is 10.2 Å². The van der Waals surface area contributed by atoms with Crippen LogP contribution in [0.2, 0.25) is 0 Å². The van der Waals surface area contributed by atoms with Crippen LogP contribution in [0.3, 0.4) is 0 Å². The lowest BCUT2D eigenvalue weighted by Crippen LogP contribution is -2.52. The van der Waals surface area contributed by atoms with Gasteiger partial charge in [0.15, 0.2) is 0 Å². The molecule has 0 spiro atoms. The molecule has 0 aromatic carbocycles. The summed E-state index contributed by atoms with van der Waals surface area (Å²) in [5.41, 5.74) is 5.91. The maximum atomic E-state index is 11.9. The molecule has 2 saturated heterocycles. The fourth-order valence-corrected chi connectivity index (χ4v) is 2.85. The second kappa shape index (κ2) is 6.68. The highest BCUT2D eigenvalue weighted by Crippen LogP contribution is 2.22. The van der Waals surface area contributed by atoms with E-state index in [0.717, 1.165) is 19.6 Å². The molecular formula is C14H27N3O2. The van der Waals surface area contributed by atoms with Crippen molar-refractivity contribution in [2.24, 2.45) is 11.7 Å². The number of nitrogens with two attached hydrogens (primary N) is 1. The number of nitrogens with zero attached hydrogens (tertiary/aromatic N) is 1. The zero-order valence-electron chi connectivity index (χ0n) is 12.1. The average molecular weight is 269 g/mol. The number of hydrogen-bond acceptors (Lipinski definition) is 4. The molecule has 2 fully saturated rings. The van der Waals surface area contributed by atoms with Crippen molar-refractivity contribution in [2.75, 3.05) is 26.2 Å². The van der Waals surface area contributed by atoms with Gasteiger partial charge in [-0.25, -0.2) is 0 Å². The Hall–Kier alpha value is -0.650. The molecule has 5 heteroatoms. The van der Waals surface area contributed by atoms with Gasteiger partial charge in [-0.3, -0.25) is 9.69 Å². The van der Waals surface area contributed by atoms with Crippen molar-refractivity contribution in [3.63, 3.8) is 0 Å². The van der Waals surface area contributed by atoms with Crippen molar-refractivity contribution in [2.45, 2.75) is 51.3 Å². The predicted molar refractivity (Wildman–Crippen MR) is 74.8 cm³/mol. The summed E-state index contributed by atoms with van der Waals surface area (Å²) in [5, 5.41) is 2.93. The Morgan fingerprint density at radius 2 is 2.37 bits per heavy atom. The van der Waals surface area contributed by atoms with Gasteiger partial charge in [0.05, 0.1) is 18.8 Å². The predicted octanol–water partition coefficient (Wildman–Crippen LogP) is 0.339. The van der Waals surface area contributed by atoms with Gasteiger partial charge in [-0.1, -0.05) is 20.3 Å². The van der Waals surface area contributed by atoms with Gasteiger partial charge in [0.25, 0.3) is 0 Å². The molecular weight excluding hydrogens is 242 g/mol. The lowest BCUT2D eigenvalue weighted by molar-refractivity contribution is -0.124. The van der Waals surface area contributed by atoms with Gasteiger partial charge >= 0.3 is 0 Å². The van der Waals surface area contributed by atoms with Crippen LogP contribution in [0.15, 0.2) is 0 Å². The van der Waals surface area contributed by atoms with Crippen LogP contribution in [-0.4, -0.2) is 55.2 Å². The van der Waals surface area contributed by atoms with Crippen molar-refractivity contribution in [3.05, 3.63) is 0 Å². The minimum Gasteiger partial charge on any atom is -0.373 e. The summed E-state index contributed by atoms with van der Waals surface area (Å²) in [7, 11) is 0. The van der Waals surface area contributed by atoms with Crippen LogP contribution in [0.25, 0.3) is 0 Å². The van der Waals surface area contributed by atoms with Gasteiger partial charge in [-0.2, -0.15) is 0 Å². The number of fused-ring (bicyclic) bond motifs is 1. The van der Waals surface area contributed by atoms with E-state index in [4.69, 9.17) is 10.5 Å². The summed E-state index contributed by atoms with van der Waals surface area (Å²) in [6.07, 6.45) is 3.55. The Morgan fingerprint density at radius 1 is 1.58 bits per heavy atom. The van der Waals surface area contributed by atoms with Crippen LogP contribution in [0.1, 0.15) is 33.1 Å². The third-order valence-electron chi connectivity index (χ3n) is 4.53. The van der Waals surface area contributed by atoms with E-state index >= 15 is 0 Å². The molecule has 2 aliphatic heterocycles. The van der Waals surface area contributed by atoms with Crippen LogP contribution >= 0.6 is 0 Å². The first kappa shape index (κ1) is 14.8. The van der Waals surface area contributed by atoms with E-state index in [-0.39, 0.29) is 17.9 Å². The SMILES string of the molecule is CCC(C)C(N)C(=O)NCC1CN2CCCC2CO1. The number of nitrogens with one attached hydrogen (secondary N) is 1. The molecule has 0 saturated carbocycles. The molecule has 0 aromatic heterocycles. The third kappa shape index (κ3) is 3.68. The summed E-state index contributed by atoms with van der Waals surface area (Å²) in [5.74, 6) is 0.164. The van der Waals surface area contributed by atoms with Gasteiger partial charge in [0.2, 0.25) is 5.91 Å². The molecule has 0 bridgehead atoms. The van der Waals surface area contributed by atoms with Crippen molar-refractivity contribution >= 4 is 5.91 Å². The number of carbonyl (C=O) groups excluding carboxylic acids is 1. The maximum Gasteiger partial charge on any atom is 0.237 e. The van der Waals surface area contributed by atoms with E-state index in [1.54, 1.807) is 0 Å². The highest BCUT2D eigenvalue weighted by Gasteiger charge is 2.32. The maximum absolute atomic E-state index is 11.9. The van der Waals surface area contributed by atoms with Crippen molar-refractivity contribution in [3.8, 4) is 0 Å². The summed E-state index contributed by atoms with van der Waals surface area (Å²) in [6, 6.07) is 0.197. The standard InChI is InChI=1S/C14H27N3O2/c1-3-10(2)13(15)14(18)16-7-12-8-17-6-4-5-11(17)9-19-12/h10-13H,3-9,15H2,1-2H3,(H,16,18). The second-order valence-corrected chi connectivity index (χ2v) is 5.90. The number of amides is 1. The summed E-state index contributed by atoms with van der Waals surface area (Å²) >= 11 is 0. The van der Waals surface area contributed by atoms with E-state index in [1.807, 2.05) is 6.92 Å². The van der Waals surface area contributed by atoms with Gasteiger partial charge in [0, 0.05) is 19.1 Å². The van der Waals surface area contributed by atoms with Gasteiger partial charge in [-0.05, 0) is 25.3 Å². The highest BCUT2D eigenvalue weighted by atomic mass is 16.5. The molecule has 110 valence electrons. The number of carbonyl (C=O) groups is 1. The van der Waals surface area contributed by atoms with E-state index in [9.17, 15) is 4.79 Å². The molecule has 2 rings (SSSR count). The van der Waals surface area contributed by atoms with E-state index in [0.29, 0.717) is 12.6 Å². The fourth-order valence-electron chi connectivity index (χ4n) is 2.85. The fraction of sp³-hybridized carbons (Fsp3) is 0.929. The molecule has 2 aliphatic rings. The first-order valence-corrected chi connectivity index (χ1v) is 7.50. The molecule has 2 heterocycles. The Morgan fingerprint density at radius 3 is 3.11 bits per heavy atom. The Kier molecular flexibility index (Phi) is 5.19. The van der Waals surface area contributed by atoms with Gasteiger partial charge in [-0.15, -0.1) is 0 Å². The molecule has 0 radical (unpaired) electrons.